The highest BCUT2D eigenvalue weighted by atomic mass is 35.5. The van der Waals surface area contributed by atoms with Gasteiger partial charge in [0.05, 0.1) is 13.5 Å². The van der Waals surface area contributed by atoms with Gasteiger partial charge in [-0.25, -0.2) is 0 Å². The molecular weight excluding hydrogens is 202 g/mol. The molecule has 0 aliphatic heterocycles. The Morgan fingerprint density at radius 2 is 2.21 bits per heavy atom. The molecular formula is C10H18ClNO2. The highest BCUT2D eigenvalue weighted by Gasteiger charge is 2.06. The zero-order valence-electron chi connectivity index (χ0n) is 9.05. The van der Waals surface area contributed by atoms with Crippen LogP contribution in [0.2, 0.25) is 0 Å². The third-order valence-corrected chi connectivity index (χ3v) is 2.34. The molecule has 4 heteroatoms. The maximum atomic E-state index is 10.9. The Hall–Kier alpha value is -0.540. The lowest BCUT2D eigenvalue weighted by atomic mass is 10.3. The van der Waals surface area contributed by atoms with Crippen LogP contribution in [0.25, 0.3) is 0 Å². The van der Waals surface area contributed by atoms with Gasteiger partial charge in [-0.05, 0) is 19.0 Å². The summed E-state index contributed by atoms with van der Waals surface area (Å²) in [6.45, 7) is 6.44. The molecule has 0 aromatic rings. The Kier molecular flexibility index (Phi) is 7.52. The first-order chi connectivity index (χ1) is 6.63. The highest BCUT2D eigenvalue weighted by molar-refractivity contribution is 6.25. The second-order valence-electron chi connectivity index (χ2n) is 3.15. The summed E-state index contributed by atoms with van der Waals surface area (Å²) in [5.74, 6) is -0.170. The van der Waals surface area contributed by atoms with E-state index in [0.29, 0.717) is 13.0 Å². The molecule has 0 amide bonds. The molecule has 0 aliphatic rings. The van der Waals surface area contributed by atoms with Crippen LogP contribution in [0, 0.1) is 0 Å². The minimum Gasteiger partial charge on any atom is -0.469 e. The van der Waals surface area contributed by atoms with Gasteiger partial charge in [0.15, 0.2) is 0 Å². The zero-order valence-corrected chi connectivity index (χ0v) is 9.80. The topological polar surface area (TPSA) is 29.5 Å². The second kappa shape index (κ2) is 7.83. The van der Waals surface area contributed by atoms with Gasteiger partial charge in [0.1, 0.15) is 0 Å². The molecule has 0 fully saturated rings. The highest BCUT2D eigenvalue weighted by Crippen LogP contribution is 2.01. The quantitative estimate of drug-likeness (QED) is 0.641. The Labute approximate surface area is 90.7 Å². The number of carbonyl (C=O) groups excluding carboxylic acids is 1. The number of rotatable bonds is 6. The smallest absolute Gasteiger partial charge is 0.306 e. The summed E-state index contributed by atoms with van der Waals surface area (Å²) in [7, 11) is 1.41. The lowest BCUT2D eigenvalue weighted by Gasteiger charge is -2.19. The van der Waals surface area contributed by atoms with Crippen molar-refractivity contribution in [2.75, 3.05) is 26.7 Å². The second-order valence-corrected chi connectivity index (χ2v) is 3.37. The van der Waals surface area contributed by atoms with Gasteiger partial charge in [-0.1, -0.05) is 18.5 Å². The van der Waals surface area contributed by atoms with Gasteiger partial charge in [0, 0.05) is 18.6 Å². The molecule has 82 valence electrons. The van der Waals surface area contributed by atoms with E-state index in [1.807, 2.05) is 6.92 Å². The molecule has 0 spiro atoms. The van der Waals surface area contributed by atoms with Gasteiger partial charge < -0.3 is 4.74 Å². The SMILES string of the molecule is CCN(CCC(=O)OC)CC(C)=CCl. The van der Waals surface area contributed by atoms with Crippen LogP contribution in [0.15, 0.2) is 11.1 Å². The molecule has 0 aromatic carbocycles. The van der Waals surface area contributed by atoms with Gasteiger partial charge >= 0.3 is 5.97 Å². The molecule has 0 saturated heterocycles. The maximum absolute atomic E-state index is 10.9. The van der Waals surface area contributed by atoms with Crippen LogP contribution < -0.4 is 0 Å². The van der Waals surface area contributed by atoms with Crippen LogP contribution in [0.4, 0.5) is 0 Å². The van der Waals surface area contributed by atoms with Crippen LogP contribution >= 0.6 is 11.6 Å². The third kappa shape index (κ3) is 6.00. The number of ether oxygens (including phenoxy) is 1. The van der Waals surface area contributed by atoms with Crippen molar-refractivity contribution in [3.8, 4) is 0 Å². The van der Waals surface area contributed by atoms with Crippen molar-refractivity contribution >= 4 is 17.6 Å². The fourth-order valence-corrected chi connectivity index (χ4v) is 1.16. The maximum Gasteiger partial charge on any atom is 0.306 e. The minimum absolute atomic E-state index is 0.170. The van der Waals surface area contributed by atoms with E-state index in [4.69, 9.17) is 11.6 Å². The van der Waals surface area contributed by atoms with E-state index < -0.39 is 0 Å². The molecule has 0 saturated carbocycles. The van der Waals surface area contributed by atoms with Crippen LogP contribution in [0.5, 0.6) is 0 Å². The first-order valence-corrected chi connectivity index (χ1v) is 5.12. The predicted molar refractivity (Wildman–Crippen MR) is 58.4 cm³/mol. The molecule has 0 unspecified atom stereocenters. The van der Waals surface area contributed by atoms with E-state index in [1.165, 1.54) is 7.11 Å². The van der Waals surface area contributed by atoms with E-state index >= 15 is 0 Å². The number of esters is 1. The number of carbonyl (C=O) groups is 1. The lowest BCUT2D eigenvalue weighted by Crippen LogP contribution is -2.28. The molecule has 14 heavy (non-hydrogen) atoms. The Morgan fingerprint density at radius 3 is 2.64 bits per heavy atom. The van der Waals surface area contributed by atoms with Crippen molar-refractivity contribution in [2.45, 2.75) is 20.3 Å². The molecule has 3 nitrogen and oxygen atoms in total. The van der Waals surface area contributed by atoms with Crippen molar-refractivity contribution in [3.05, 3.63) is 11.1 Å². The van der Waals surface area contributed by atoms with E-state index in [-0.39, 0.29) is 5.97 Å². The van der Waals surface area contributed by atoms with Gasteiger partial charge in [-0.2, -0.15) is 0 Å². The van der Waals surface area contributed by atoms with Crippen molar-refractivity contribution in [3.63, 3.8) is 0 Å². The first kappa shape index (κ1) is 13.5. The predicted octanol–water partition coefficient (Wildman–Crippen LogP) is 2.01. The standard InChI is InChI=1S/C10H18ClNO2/c1-4-12(8-9(2)7-11)6-5-10(13)14-3/h7H,4-6,8H2,1-3H3. The summed E-state index contributed by atoms with van der Waals surface area (Å²) >= 11 is 5.56. The summed E-state index contributed by atoms with van der Waals surface area (Å²) < 4.78 is 4.57. The van der Waals surface area contributed by atoms with Gasteiger partial charge in [-0.3, -0.25) is 9.69 Å². The van der Waals surface area contributed by atoms with Crippen LogP contribution in [-0.2, 0) is 9.53 Å². The largest absolute Gasteiger partial charge is 0.469 e. The number of hydrogen-bond donors (Lipinski definition) is 0. The Morgan fingerprint density at radius 1 is 1.57 bits per heavy atom. The normalized spacial score (nSPS) is 11.9. The number of halogens is 1. The van der Waals surface area contributed by atoms with Gasteiger partial charge in [-0.15, -0.1) is 0 Å². The lowest BCUT2D eigenvalue weighted by molar-refractivity contribution is -0.140. The molecule has 0 bridgehead atoms. The van der Waals surface area contributed by atoms with Crippen molar-refractivity contribution < 1.29 is 9.53 Å². The Bertz CT molecular complexity index is 204. The first-order valence-electron chi connectivity index (χ1n) is 4.69. The summed E-state index contributed by atoms with van der Waals surface area (Å²) in [6, 6.07) is 0. The summed E-state index contributed by atoms with van der Waals surface area (Å²) in [4.78, 5) is 13.0. The van der Waals surface area contributed by atoms with E-state index in [0.717, 1.165) is 18.7 Å². The molecule has 0 aliphatic carbocycles. The zero-order chi connectivity index (χ0) is 11.0. The Balaban J connectivity index is 3.85. The van der Waals surface area contributed by atoms with E-state index in [2.05, 4.69) is 16.6 Å². The van der Waals surface area contributed by atoms with E-state index in [1.54, 1.807) is 5.54 Å². The van der Waals surface area contributed by atoms with Crippen molar-refractivity contribution in [1.82, 2.24) is 4.90 Å². The minimum atomic E-state index is -0.170. The number of methoxy groups -OCH3 is 1. The van der Waals surface area contributed by atoms with Gasteiger partial charge in [0.2, 0.25) is 0 Å². The summed E-state index contributed by atoms with van der Waals surface area (Å²) in [5, 5.41) is 0. The molecule has 0 N–H and O–H groups in total. The van der Waals surface area contributed by atoms with Gasteiger partial charge in [0.25, 0.3) is 0 Å². The third-order valence-electron chi connectivity index (χ3n) is 1.97. The van der Waals surface area contributed by atoms with Crippen LogP contribution in [0.3, 0.4) is 0 Å². The average molecular weight is 220 g/mol. The molecule has 0 heterocycles. The van der Waals surface area contributed by atoms with E-state index in [9.17, 15) is 4.79 Å². The van der Waals surface area contributed by atoms with Crippen LogP contribution in [-0.4, -0.2) is 37.6 Å². The number of likely N-dealkylation sites (N-methyl/N-ethyl adjacent to an activating group) is 1. The van der Waals surface area contributed by atoms with Crippen LogP contribution in [0.1, 0.15) is 20.3 Å². The molecule has 0 aromatic heterocycles. The molecule has 0 rings (SSSR count). The monoisotopic (exact) mass is 219 g/mol. The number of hydrogen-bond acceptors (Lipinski definition) is 3. The fraction of sp³-hybridized carbons (Fsp3) is 0.700. The van der Waals surface area contributed by atoms with Crippen molar-refractivity contribution in [1.29, 1.82) is 0 Å². The fourth-order valence-electron chi connectivity index (χ4n) is 1.09. The summed E-state index contributed by atoms with van der Waals surface area (Å²) in [5.41, 5.74) is 2.67. The molecule has 0 atom stereocenters. The molecule has 0 radical (unpaired) electrons. The average Bonchev–Trinajstić information content (AvgIpc) is 2.22. The van der Waals surface area contributed by atoms with Crippen molar-refractivity contribution in [2.24, 2.45) is 0 Å². The number of nitrogens with zero attached hydrogens (tertiary/aromatic N) is 1. The summed E-state index contributed by atoms with van der Waals surface area (Å²) in [6.07, 6.45) is 0.430.